The fourth-order valence-corrected chi connectivity index (χ4v) is 5.11. The minimum Gasteiger partial charge on any atom is -0.427 e. The number of carbonyl (C=O) groups excluding carboxylic acids is 2. The molecule has 0 aromatic heterocycles. The average Bonchev–Trinajstić information content (AvgIpc) is 3.36. The number of hydrogen-bond donors (Lipinski definition) is 6. The van der Waals surface area contributed by atoms with Crippen LogP contribution in [0.3, 0.4) is 0 Å². The van der Waals surface area contributed by atoms with Gasteiger partial charge in [0, 0.05) is 5.54 Å². The maximum Gasteiger partial charge on any atom is 0.451 e. The van der Waals surface area contributed by atoms with Crippen LogP contribution >= 0.6 is 0 Å². The van der Waals surface area contributed by atoms with Gasteiger partial charge in [-0.05, 0) is 63.5 Å². The monoisotopic (exact) mass is 561 g/mol. The van der Waals surface area contributed by atoms with E-state index in [1.807, 2.05) is 44.2 Å². The van der Waals surface area contributed by atoms with Gasteiger partial charge in [0.2, 0.25) is 11.8 Å². The van der Waals surface area contributed by atoms with Crippen LogP contribution in [-0.2, 0) is 26.1 Å². The van der Waals surface area contributed by atoms with Gasteiger partial charge < -0.3 is 26.4 Å². The third-order valence-corrected chi connectivity index (χ3v) is 7.47. The predicted molar refractivity (Wildman–Crippen MR) is 150 cm³/mol. The Morgan fingerprint density at radius 3 is 2.03 bits per heavy atom. The third-order valence-electron chi connectivity index (χ3n) is 6.60. The molecule has 39 heavy (non-hydrogen) atoms. The summed E-state index contributed by atoms with van der Waals surface area (Å²) in [6.45, 7) is 3.93. The second kappa shape index (κ2) is 14.6. The van der Waals surface area contributed by atoms with E-state index in [9.17, 15) is 18.0 Å². The Morgan fingerprint density at radius 1 is 1.00 bits per heavy atom. The zero-order valence-corrected chi connectivity index (χ0v) is 23.4. The Bertz CT molecular complexity index is 1160. The van der Waals surface area contributed by atoms with Gasteiger partial charge in [-0.1, -0.05) is 67.8 Å². The van der Waals surface area contributed by atoms with Crippen molar-refractivity contribution in [3.63, 3.8) is 0 Å². The van der Waals surface area contributed by atoms with Crippen molar-refractivity contribution >= 4 is 29.1 Å². The molecule has 1 aliphatic rings. The predicted octanol–water partition coefficient (Wildman–Crippen LogP) is 2.27. The molecule has 2 aromatic carbocycles. The molecule has 0 spiro atoms. The SMILES string of the molecule is CC(C)(Cc1ccccc1)NC(=O)C1(C(=O)NC(N)CCCB(O)O)CCCC1.O=S(=O)(O)c1ccccc1. The summed E-state index contributed by atoms with van der Waals surface area (Å²) in [7, 11) is -5.38. The minimum atomic E-state index is -4.00. The second-order valence-electron chi connectivity index (χ2n) is 10.6. The van der Waals surface area contributed by atoms with Gasteiger partial charge in [-0.15, -0.1) is 0 Å². The van der Waals surface area contributed by atoms with Crippen molar-refractivity contribution in [1.82, 2.24) is 10.6 Å². The van der Waals surface area contributed by atoms with E-state index in [0.29, 0.717) is 32.1 Å². The van der Waals surface area contributed by atoms with Crippen LogP contribution in [0.5, 0.6) is 0 Å². The summed E-state index contributed by atoms with van der Waals surface area (Å²) in [6.07, 6.45) is 3.80. The standard InChI is InChI=1S/C21H34BN3O4.C6H6O3S/c1-20(2,15-16-9-4-3-5-10-16)25-19(27)21(12-6-7-13-21)18(26)24-17(23)11-8-14-22(28)29;7-10(8,9)6-4-2-1-3-5-6/h3-5,9-10,17,28-29H,6-8,11-15,23H2,1-2H3,(H,24,26)(H,25,27);1-5H,(H,7,8,9). The molecule has 0 radical (unpaired) electrons. The molecule has 0 heterocycles. The first-order chi connectivity index (χ1) is 18.2. The molecule has 1 unspecified atom stereocenters. The highest BCUT2D eigenvalue weighted by Gasteiger charge is 2.49. The van der Waals surface area contributed by atoms with Crippen molar-refractivity contribution < 1.29 is 32.6 Å². The van der Waals surface area contributed by atoms with Crippen LogP contribution in [0.25, 0.3) is 0 Å². The number of benzene rings is 2. The zero-order chi connectivity index (χ0) is 29.1. The van der Waals surface area contributed by atoms with Crippen molar-refractivity contribution in [2.75, 3.05) is 0 Å². The van der Waals surface area contributed by atoms with Crippen LogP contribution in [0.1, 0.15) is 57.9 Å². The van der Waals surface area contributed by atoms with Gasteiger partial charge in [-0.25, -0.2) is 0 Å². The Morgan fingerprint density at radius 2 is 1.54 bits per heavy atom. The van der Waals surface area contributed by atoms with E-state index >= 15 is 0 Å². The normalized spacial score (nSPS) is 15.4. The van der Waals surface area contributed by atoms with Crippen molar-refractivity contribution in [1.29, 1.82) is 0 Å². The fourth-order valence-electron chi connectivity index (χ4n) is 4.60. The van der Waals surface area contributed by atoms with Crippen LogP contribution < -0.4 is 16.4 Å². The van der Waals surface area contributed by atoms with Gasteiger partial charge >= 0.3 is 7.12 Å². The van der Waals surface area contributed by atoms with Gasteiger partial charge in [0.1, 0.15) is 5.41 Å². The summed E-state index contributed by atoms with van der Waals surface area (Å²) < 4.78 is 29.2. The number of nitrogens with one attached hydrogen (secondary N) is 2. The van der Waals surface area contributed by atoms with E-state index in [1.165, 1.54) is 12.1 Å². The first-order valence-corrected chi connectivity index (χ1v) is 14.5. The molecule has 10 nitrogen and oxygen atoms in total. The molecular formula is C27H40BN3O7S. The van der Waals surface area contributed by atoms with E-state index in [2.05, 4.69) is 10.6 Å². The topological polar surface area (TPSA) is 179 Å². The molecule has 1 fully saturated rings. The minimum absolute atomic E-state index is 0.0741. The molecule has 0 aliphatic heterocycles. The molecule has 2 amide bonds. The van der Waals surface area contributed by atoms with Gasteiger partial charge in [0.05, 0.1) is 11.1 Å². The Kier molecular flexibility index (Phi) is 12.1. The number of carbonyl (C=O) groups is 2. The number of hydrogen-bond acceptors (Lipinski definition) is 7. The molecule has 3 rings (SSSR count). The van der Waals surface area contributed by atoms with E-state index in [-0.39, 0.29) is 23.0 Å². The lowest BCUT2D eigenvalue weighted by Crippen LogP contribution is -2.58. The van der Waals surface area contributed by atoms with Crippen LogP contribution in [-0.4, -0.2) is 53.7 Å². The average molecular weight is 562 g/mol. The second-order valence-corrected chi connectivity index (χ2v) is 12.0. The Balaban J connectivity index is 0.000000446. The molecule has 1 atom stereocenters. The van der Waals surface area contributed by atoms with E-state index in [0.717, 1.165) is 18.4 Å². The molecule has 2 aromatic rings. The highest BCUT2D eigenvalue weighted by atomic mass is 32.2. The molecule has 1 saturated carbocycles. The maximum absolute atomic E-state index is 13.2. The van der Waals surface area contributed by atoms with Crippen molar-refractivity contribution in [2.24, 2.45) is 11.1 Å². The molecule has 0 bridgehead atoms. The molecule has 12 heteroatoms. The van der Waals surface area contributed by atoms with Crippen LogP contribution in [0, 0.1) is 5.41 Å². The largest absolute Gasteiger partial charge is 0.451 e. The quantitative estimate of drug-likeness (QED) is 0.105. The van der Waals surface area contributed by atoms with E-state index in [1.54, 1.807) is 18.2 Å². The lowest BCUT2D eigenvalue weighted by Gasteiger charge is -2.34. The molecule has 214 valence electrons. The summed E-state index contributed by atoms with van der Waals surface area (Å²) in [6, 6.07) is 17.4. The van der Waals surface area contributed by atoms with E-state index in [4.69, 9.17) is 20.3 Å². The lowest BCUT2D eigenvalue weighted by molar-refractivity contribution is -0.144. The Hall–Kier alpha value is -2.77. The maximum atomic E-state index is 13.2. The van der Waals surface area contributed by atoms with Gasteiger partial charge in [0.25, 0.3) is 10.1 Å². The summed E-state index contributed by atoms with van der Waals surface area (Å²) in [4.78, 5) is 26.2. The number of rotatable bonds is 11. The van der Waals surface area contributed by atoms with Crippen molar-refractivity contribution in [3.05, 3.63) is 66.2 Å². The van der Waals surface area contributed by atoms with Gasteiger partial charge in [0.15, 0.2) is 0 Å². The summed E-state index contributed by atoms with van der Waals surface area (Å²) in [5, 5.41) is 23.7. The zero-order valence-electron chi connectivity index (χ0n) is 22.5. The Labute approximate surface area is 231 Å². The summed E-state index contributed by atoms with van der Waals surface area (Å²) in [5.41, 5.74) is 5.52. The lowest BCUT2D eigenvalue weighted by atomic mass is 9.81. The molecule has 7 N–H and O–H groups in total. The van der Waals surface area contributed by atoms with Gasteiger partial charge in [-0.3, -0.25) is 14.1 Å². The van der Waals surface area contributed by atoms with Crippen molar-refractivity contribution in [2.45, 2.75) is 81.7 Å². The van der Waals surface area contributed by atoms with Crippen molar-refractivity contribution in [3.8, 4) is 0 Å². The first kappa shape index (κ1) is 32.4. The van der Waals surface area contributed by atoms with Crippen LogP contribution in [0.15, 0.2) is 65.6 Å². The highest BCUT2D eigenvalue weighted by molar-refractivity contribution is 7.85. The van der Waals surface area contributed by atoms with Gasteiger partial charge in [-0.2, -0.15) is 8.42 Å². The molecular weight excluding hydrogens is 521 g/mol. The fraction of sp³-hybridized carbons (Fsp3) is 0.481. The number of nitrogens with two attached hydrogens (primary N) is 1. The summed E-state index contributed by atoms with van der Waals surface area (Å²) >= 11 is 0. The molecule has 1 aliphatic carbocycles. The summed E-state index contributed by atoms with van der Waals surface area (Å²) in [5.74, 6) is -0.577. The van der Waals surface area contributed by atoms with Crippen LogP contribution in [0.2, 0.25) is 6.32 Å². The molecule has 0 saturated heterocycles. The highest BCUT2D eigenvalue weighted by Crippen LogP contribution is 2.39. The first-order valence-electron chi connectivity index (χ1n) is 13.1. The van der Waals surface area contributed by atoms with E-state index < -0.39 is 34.4 Å². The number of amides is 2. The smallest absolute Gasteiger partial charge is 0.427 e. The third kappa shape index (κ3) is 10.7. The van der Waals surface area contributed by atoms with Crippen LogP contribution in [0.4, 0.5) is 0 Å².